The van der Waals surface area contributed by atoms with E-state index in [0.717, 1.165) is 36.9 Å². The van der Waals surface area contributed by atoms with Crippen molar-refractivity contribution < 1.29 is 4.79 Å². The van der Waals surface area contributed by atoms with Crippen molar-refractivity contribution in [3.05, 3.63) is 17.7 Å². The van der Waals surface area contributed by atoms with E-state index in [0.29, 0.717) is 0 Å². The fourth-order valence-corrected chi connectivity index (χ4v) is 1.82. The zero-order valence-electron chi connectivity index (χ0n) is 6.53. The van der Waals surface area contributed by atoms with Crippen molar-refractivity contribution in [3.63, 3.8) is 0 Å². The highest BCUT2D eigenvalue weighted by Gasteiger charge is 2.21. The van der Waals surface area contributed by atoms with Gasteiger partial charge in [-0.1, -0.05) is 0 Å². The molecule has 1 aliphatic carbocycles. The summed E-state index contributed by atoms with van der Waals surface area (Å²) in [5, 5.41) is 0. The highest BCUT2D eigenvalue weighted by molar-refractivity contribution is 6.15. The molecule has 1 aromatic heterocycles. The first-order chi connectivity index (χ1) is 5.81. The molecule has 0 saturated carbocycles. The van der Waals surface area contributed by atoms with Gasteiger partial charge in [-0.3, -0.25) is 0 Å². The fourth-order valence-electron chi connectivity index (χ4n) is 1.60. The summed E-state index contributed by atoms with van der Waals surface area (Å²) in [4.78, 5) is 14.6. The second-order valence-corrected chi connectivity index (χ2v) is 3.45. The Morgan fingerprint density at radius 3 is 3.33 bits per heavy atom. The van der Waals surface area contributed by atoms with Gasteiger partial charge in [0.1, 0.15) is 12.6 Å². The molecule has 12 heavy (non-hydrogen) atoms. The van der Waals surface area contributed by atoms with Crippen molar-refractivity contribution >= 4 is 18.1 Å². The number of carbonyl (C=O) groups excluding carboxylic acids is 1. The van der Waals surface area contributed by atoms with Gasteiger partial charge in [-0.2, -0.15) is 0 Å². The van der Waals surface area contributed by atoms with E-state index in [1.54, 1.807) is 6.33 Å². The van der Waals surface area contributed by atoms with Gasteiger partial charge in [0.15, 0.2) is 0 Å². The molecule has 0 bridgehead atoms. The maximum atomic E-state index is 10.5. The number of rotatable bonds is 1. The molecule has 0 saturated heterocycles. The number of halogens is 1. The van der Waals surface area contributed by atoms with Gasteiger partial charge in [-0.05, 0) is 12.8 Å². The monoisotopic (exact) mass is 184 g/mol. The van der Waals surface area contributed by atoms with Crippen LogP contribution in [0.2, 0.25) is 0 Å². The Balaban J connectivity index is 2.30. The Labute approximate surface area is 75.5 Å². The standard InChI is InChI=1S/C8H9ClN2O/c9-11-5-10-7-3-6(4-12)1-2-8(7)11/h4-6H,1-3H2/t6-/m1/s1. The molecule has 0 spiro atoms. The zero-order chi connectivity index (χ0) is 8.55. The largest absolute Gasteiger partial charge is 0.303 e. The predicted molar refractivity (Wildman–Crippen MR) is 45.1 cm³/mol. The smallest absolute Gasteiger partial charge is 0.123 e. The number of hydrogen-bond acceptors (Lipinski definition) is 2. The Hall–Kier alpha value is -0.830. The lowest BCUT2D eigenvalue weighted by atomic mass is 9.91. The molecule has 0 unspecified atom stereocenters. The molecule has 0 radical (unpaired) electrons. The van der Waals surface area contributed by atoms with E-state index in [-0.39, 0.29) is 5.92 Å². The van der Waals surface area contributed by atoms with Gasteiger partial charge in [0.2, 0.25) is 0 Å². The Morgan fingerprint density at radius 2 is 2.58 bits per heavy atom. The van der Waals surface area contributed by atoms with Crippen LogP contribution in [0.1, 0.15) is 17.8 Å². The van der Waals surface area contributed by atoms with Crippen molar-refractivity contribution in [1.29, 1.82) is 0 Å². The van der Waals surface area contributed by atoms with Gasteiger partial charge in [0, 0.05) is 24.1 Å². The third-order valence-corrected chi connectivity index (χ3v) is 2.60. The molecule has 1 atom stereocenters. The average Bonchev–Trinajstić information content (AvgIpc) is 2.47. The van der Waals surface area contributed by atoms with E-state index in [1.165, 1.54) is 4.09 Å². The second kappa shape index (κ2) is 2.90. The molecule has 3 nitrogen and oxygen atoms in total. The van der Waals surface area contributed by atoms with E-state index in [9.17, 15) is 4.79 Å². The fraction of sp³-hybridized carbons (Fsp3) is 0.500. The first-order valence-corrected chi connectivity index (χ1v) is 4.31. The molecule has 0 aromatic carbocycles. The van der Waals surface area contributed by atoms with E-state index in [2.05, 4.69) is 4.98 Å². The topological polar surface area (TPSA) is 34.9 Å². The molecule has 4 heteroatoms. The zero-order valence-corrected chi connectivity index (χ0v) is 7.29. The van der Waals surface area contributed by atoms with Crippen molar-refractivity contribution in [2.45, 2.75) is 19.3 Å². The van der Waals surface area contributed by atoms with Gasteiger partial charge >= 0.3 is 0 Å². The maximum absolute atomic E-state index is 10.5. The summed E-state index contributed by atoms with van der Waals surface area (Å²) in [6, 6.07) is 0. The summed E-state index contributed by atoms with van der Waals surface area (Å²) in [5.74, 6) is 0.143. The Kier molecular flexibility index (Phi) is 1.89. The number of nitrogens with zero attached hydrogens (tertiary/aromatic N) is 2. The molecule has 1 aliphatic rings. The number of imidazole rings is 1. The summed E-state index contributed by atoms with van der Waals surface area (Å²) in [6.07, 6.45) is 5.12. The summed E-state index contributed by atoms with van der Waals surface area (Å²) in [5.41, 5.74) is 2.04. The Morgan fingerprint density at radius 1 is 1.75 bits per heavy atom. The van der Waals surface area contributed by atoms with Crippen molar-refractivity contribution in [3.8, 4) is 0 Å². The average molecular weight is 185 g/mol. The number of fused-ring (bicyclic) bond motifs is 1. The normalized spacial score (nSPS) is 21.9. The maximum Gasteiger partial charge on any atom is 0.123 e. The van der Waals surface area contributed by atoms with E-state index >= 15 is 0 Å². The van der Waals surface area contributed by atoms with Crippen LogP contribution in [0.4, 0.5) is 0 Å². The van der Waals surface area contributed by atoms with Crippen LogP contribution < -0.4 is 0 Å². The van der Waals surface area contributed by atoms with Crippen LogP contribution in [0.25, 0.3) is 0 Å². The van der Waals surface area contributed by atoms with Gasteiger partial charge in [-0.25, -0.2) is 9.07 Å². The van der Waals surface area contributed by atoms with Gasteiger partial charge in [0.25, 0.3) is 0 Å². The number of hydrogen-bond donors (Lipinski definition) is 0. The van der Waals surface area contributed by atoms with Crippen LogP contribution in [-0.4, -0.2) is 15.4 Å². The third kappa shape index (κ3) is 1.14. The minimum Gasteiger partial charge on any atom is -0.303 e. The lowest BCUT2D eigenvalue weighted by Crippen LogP contribution is -2.15. The van der Waals surface area contributed by atoms with E-state index in [1.807, 2.05) is 0 Å². The van der Waals surface area contributed by atoms with Crippen LogP contribution in [0.3, 0.4) is 0 Å². The van der Waals surface area contributed by atoms with Gasteiger partial charge in [-0.15, -0.1) is 0 Å². The minimum atomic E-state index is 0.143. The van der Waals surface area contributed by atoms with Crippen LogP contribution >= 0.6 is 11.8 Å². The molecule has 64 valence electrons. The molecule has 1 heterocycles. The number of aromatic nitrogens is 2. The molecule has 0 amide bonds. The highest BCUT2D eigenvalue weighted by Crippen LogP contribution is 2.23. The molecular formula is C8H9ClN2O. The third-order valence-electron chi connectivity index (χ3n) is 2.31. The second-order valence-electron chi connectivity index (χ2n) is 3.09. The van der Waals surface area contributed by atoms with Crippen molar-refractivity contribution in [1.82, 2.24) is 9.07 Å². The minimum absolute atomic E-state index is 0.143. The van der Waals surface area contributed by atoms with E-state index < -0.39 is 0 Å². The first-order valence-electron chi connectivity index (χ1n) is 3.98. The molecule has 0 N–H and O–H groups in total. The van der Waals surface area contributed by atoms with Gasteiger partial charge in [0.05, 0.1) is 11.4 Å². The SMILES string of the molecule is O=C[C@@H]1CCc2c(ncn2Cl)C1. The highest BCUT2D eigenvalue weighted by atomic mass is 35.5. The quantitative estimate of drug-likeness (QED) is 0.615. The van der Waals surface area contributed by atoms with Crippen LogP contribution in [0.15, 0.2) is 6.33 Å². The van der Waals surface area contributed by atoms with Crippen LogP contribution in [-0.2, 0) is 17.6 Å². The lowest BCUT2D eigenvalue weighted by molar-refractivity contribution is -0.111. The molecule has 1 aromatic rings. The molecular weight excluding hydrogens is 176 g/mol. The van der Waals surface area contributed by atoms with Crippen molar-refractivity contribution in [2.75, 3.05) is 0 Å². The summed E-state index contributed by atoms with van der Waals surface area (Å²) in [7, 11) is 0. The van der Waals surface area contributed by atoms with Crippen LogP contribution in [0.5, 0.6) is 0 Å². The first kappa shape index (κ1) is 7.80. The Bertz CT molecular complexity index is 308. The van der Waals surface area contributed by atoms with E-state index in [4.69, 9.17) is 11.8 Å². The molecule has 0 aliphatic heterocycles. The number of aldehydes is 1. The predicted octanol–water partition coefficient (Wildman–Crippen LogP) is 1.19. The summed E-state index contributed by atoms with van der Waals surface area (Å²) >= 11 is 5.81. The summed E-state index contributed by atoms with van der Waals surface area (Å²) in [6.45, 7) is 0. The lowest BCUT2D eigenvalue weighted by Gasteiger charge is -2.15. The molecule has 0 fully saturated rings. The molecule has 2 rings (SSSR count). The van der Waals surface area contributed by atoms with Crippen molar-refractivity contribution in [2.24, 2.45) is 5.92 Å². The number of carbonyl (C=O) groups is 1. The summed E-state index contributed by atoms with van der Waals surface area (Å²) < 4.78 is 1.52. The van der Waals surface area contributed by atoms with Gasteiger partial charge < -0.3 is 4.79 Å². The van der Waals surface area contributed by atoms with Crippen LogP contribution in [0, 0.1) is 5.92 Å².